The number of ether oxygens (including phenoxy) is 2. The van der Waals surface area contributed by atoms with Crippen LogP contribution < -0.4 is 0 Å². The standard InChI is InChI=1S/C10H13NO4/c1-6-9(13)8-7(4-11-6)5-15-10(8)14-3-2-12/h4,10,12-13H,2-3,5H2,1H3. The number of aliphatic hydroxyl groups is 1. The second-order valence-electron chi connectivity index (χ2n) is 3.37. The Bertz CT molecular complexity index is 367. The van der Waals surface area contributed by atoms with Crippen molar-refractivity contribution in [2.24, 2.45) is 0 Å². The van der Waals surface area contributed by atoms with E-state index in [0.717, 1.165) is 5.56 Å². The first-order valence-electron chi connectivity index (χ1n) is 4.75. The zero-order valence-electron chi connectivity index (χ0n) is 8.43. The van der Waals surface area contributed by atoms with Crippen molar-refractivity contribution in [2.45, 2.75) is 19.8 Å². The Morgan fingerprint density at radius 1 is 1.67 bits per heavy atom. The maximum Gasteiger partial charge on any atom is 0.188 e. The third-order valence-electron chi connectivity index (χ3n) is 2.34. The molecule has 0 amide bonds. The Hall–Kier alpha value is -1.17. The summed E-state index contributed by atoms with van der Waals surface area (Å²) in [6, 6.07) is 0. The van der Waals surface area contributed by atoms with E-state index in [9.17, 15) is 5.11 Å². The minimum atomic E-state index is -0.589. The molecule has 0 aromatic carbocycles. The van der Waals surface area contributed by atoms with E-state index in [4.69, 9.17) is 14.6 Å². The number of rotatable bonds is 3. The topological polar surface area (TPSA) is 71.8 Å². The molecule has 1 aromatic heterocycles. The minimum absolute atomic E-state index is 0.0694. The van der Waals surface area contributed by atoms with Gasteiger partial charge in [0, 0.05) is 11.8 Å². The summed E-state index contributed by atoms with van der Waals surface area (Å²) < 4.78 is 10.6. The molecule has 1 aliphatic rings. The SMILES string of the molecule is Cc1ncc2c(c1O)C(OCCO)OC2. The van der Waals surface area contributed by atoms with Gasteiger partial charge in [0.15, 0.2) is 6.29 Å². The highest BCUT2D eigenvalue weighted by Crippen LogP contribution is 2.38. The van der Waals surface area contributed by atoms with Crippen molar-refractivity contribution in [3.8, 4) is 5.75 Å². The Labute approximate surface area is 87.3 Å². The summed E-state index contributed by atoms with van der Waals surface area (Å²) in [7, 11) is 0. The first-order valence-corrected chi connectivity index (χ1v) is 4.75. The van der Waals surface area contributed by atoms with E-state index >= 15 is 0 Å². The van der Waals surface area contributed by atoms with Gasteiger partial charge in [-0.3, -0.25) is 4.98 Å². The summed E-state index contributed by atoms with van der Waals surface area (Å²) in [5.41, 5.74) is 2.02. The number of fused-ring (bicyclic) bond motifs is 1. The molecule has 0 saturated heterocycles. The Balaban J connectivity index is 2.28. The fourth-order valence-corrected chi connectivity index (χ4v) is 1.57. The van der Waals surface area contributed by atoms with Crippen LogP contribution in [0.15, 0.2) is 6.20 Å². The van der Waals surface area contributed by atoms with Crippen LogP contribution in [-0.2, 0) is 16.1 Å². The van der Waals surface area contributed by atoms with Gasteiger partial charge in [-0.2, -0.15) is 0 Å². The van der Waals surface area contributed by atoms with Crippen LogP contribution in [0, 0.1) is 6.92 Å². The quantitative estimate of drug-likeness (QED) is 0.767. The average molecular weight is 211 g/mol. The molecule has 0 saturated carbocycles. The Kier molecular flexibility index (Phi) is 2.86. The zero-order valence-corrected chi connectivity index (χ0v) is 8.43. The minimum Gasteiger partial charge on any atom is -0.506 e. The molecule has 2 rings (SSSR count). The summed E-state index contributed by atoms with van der Waals surface area (Å²) in [6.07, 6.45) is 1.08. The Morgan fingerprint density at radius 2 is 2.47 bits per heavy atom. The van der Waals surface area contributed by atoms with Crippen LogP contribution in [0.4, 0.5) is 0 Å². The summed E-state index contributed by atoms with van der Waals surface area (Å²) in [6.45, 7) is 2.22. The lowest BCUT2D eigenvalue weighted by atomic mass is 10.1. The van der Waals surface area contributed by atoms with Crippen molar-refractivity contribution < 1.29 is 19.7 Å². The van der Waals surface area contributed by atoms with E-state index in [2.05, 4.69) is 4.98 Å². The van der Waals surface area contributed by atoms with Gasteiger partial charge in [0.1, 0.15) is 5.75 Å². The van der Waals surface area contributed by atoms with E-state index in [1.807, 2.05) is 0 Å². The van der Waals surface area contributed by atoms with Crippen LogP contribution in [0.3, 0.4) is 0 Å². The van der Waals surface area contributed by atoms with Crippen LogP contribution in [0.25, 0.3) is 0 Å². The van der Waals surface area contributed by atoms with Gasteiger partial charge in [-0.25, -0.2) is 0 Å². The summed E-state index contributed by atoms with van der Waals surface area (Å²) in [5, 5.41) is 18.4. The van der Waals surface area contributed by atoms with Gasteiger partial charge in [-0.15, -0.1) is 0 Å². The third-order valence-corrected chi connectivity index (χ3v) is 2.34. The van der Waals surface area contributed by atoms with Crippen LogP contribution in [0.1, 0.15) is 23.1 Å². The van der Waals surface area contributed by atoms with Gasteiger partial charge < -0.3 is 19.7 Å². The molecule has 2 N–H and O–H groups in total. The molecule has 1 aliphatic heterocycles. The molecule has 0 bridgehead atoms. The molecule has 1 unspecified atom stereocenters. The lowest BCUT2D eigenvalue weighted by Gasteiger charge is -2.13. The second-order valence-corrected chi connectivity index (χ2v) is 3.37. The van der Waals surface area contributed by atoms with E-state index in [1.165, 1.54) is 0 Å². The number of aliphatic hydroxyl groups excluding tert-OH is 1. The molecule has 0 spiro atoms. The fraction of sp³-hybridized carbons (Fsp3) is 0.500. The van der Waals surface area contributed by atoms with Gasteiger partial charge >= 0.3 is 0 Å². The smallest absolute Gasteiger partial charge is 0.188 e. The van der Waals surface area contributed by atoms with Crippen LogP contribution in [0.5, 0.6) is 5.75 Å². The molecule has 15 heavy (non-hydrogen) atoms. The van der Waals surface area contributed by atoms with Gasteiger partial charge in [-0.05, 0) is 6.92 Å². The molecule has 0 aliphatic carbocycles. The van der Waals surface area contributed by atoms with E-state index in [0.29, 0.717) is 17.9 Å². The molecule has 2 heterocycles. The first-order chi connectivity index (χ1) is 7.24. The number of aromatic hydroxyl groups is 1. The highest BCUT2D eigenvalue weighted by atomic mass is 16.7. The fourth-order valence-electron chi connectivity index (χ4n) is 1.57. The van der Waals surface area contributed by atoms with Crippen molar-refractivity contribution in [3.05, 3.63) is 23.0 Å². The number of hydrogen-bond donors (Lipinski definition) is 2. The maximum absolute atomic E-state index is 9.80. The zero-order chi connectivity index (χ0) is 10.8. The highest BCUT2D eigenvalue weighted by molar-refractivity contribution is 5.43. The van der Waals surface area contributed by atoms with Gasteiger partial charge in [-0.1, -0.05) is 0 Å². The number of hydrogen-bond acceptors (Lipinski definition) is 5. The van der Waals surface area contributed by atoms with Crippen molar-refractivity contribution in [1.29, 1.82) is 0 Å². The summed E-state index contributed by atoms with van der Waals surface area (Å²) in [4.78, 5) is 4.03. The van der Waals surface area contributed by atoms with Crippen molar-refractivity contribution in [1.82, 2.24) is 4.98 Å². The lowest BCUT2D eigenvalue weighted by molar-refractivity contribution is -0.144. The van der Waals surface area contributed by atoms with E-state index in [-0.39, 0.29) is 19.0 Å². The monoisotopic (exact) mass is 211 g/mol. The number of aromatic nitrogens is 1. The second kappa shape index (κ2) is 4.14. The molecule has 5 heteroatoms. The Morgan fingerprint density at radius 3 is 3.20 bits per heavy atom. The largest absolute Gasteiger partial charge is 0.506 e. The number of aryl methyl sites for hydroxylation is 1. The summed E-state index contributed by atoms with van der Waals surface area (Å²) >= 11 is 0. The number of nitrogens with zero attached hydrogens (tertiary/aromatic N) is 1. The molecule has 0 radical (unpaired) electrons. The van der Waals surface area contributed by atoms with Crippen molar-refractivity contribution in [3.63, 3.8) is 0 Å². The van der Waals surface area contributed by atoms with Crippen LogP contribution in [0.2, 0.25) is 0 Å². The van der Waals surface area contributed by atoms with E-state index in [1.54, 1.807) is 13.1 Å². The molecule has 5 nitrogen and oxygen atoms in total. The maximum atomic E-state index is 9.80. The molecule has 82 valence electrons. The molecular formula is C10H13NO4. The normalized spacial score (nSPS) is 19.2. The molecule has 1 atom stereocenters. The number of pyridine rings is 1. The third kappa shape index (κ3) is 1.81. The molecule has 0 fully saturated rings. The van der Waals surface area contributed by atoms with Crippen molar-refractivity contribution >= 4 is 0 Å². The van der Waals surface area contributed by atoms with Crippen LogP contribution >= 0.6 is 0 Å². The lowest BCUT2D eigenvalue weighted by Crippen LogP contribution is -2.07. The van der Waals surface area contributed by atoms with Crippen molar-refractivity contribution in [2.75, 3.05) is 13.2 Å². The van der Waals surface area contributed by atoms with Gasteiger partial charge in [0.05, 0.1) is 31.1 Å². The highest BCUT2D eigenvalue weighted by Gasteiger charge is 2.28. The van der Waals surface area contributed by atoms with E-state index < -0.39 is 6.29 Å². The molecular weight excluding hydrogens is 198 g/mol. The predicted molar refractivity (Wildman–Crippen MR) is 51.2 cm³/mol. The average Bonchev–Trinajstić information content (AvgIpc) is 2.64. The van der Waals surface area contributed by atoms with Gasteiger partial charge in [0.2, 0.25) is 0 Å². The molecule has 1 aromatic rings. The first kappa shape index (κ1) is 10.4. The predicted octanol–water partition coefficient (Wildman–Crippen LogP) is 0.633. The summed E-state index contributed by atoms with van der Waals surface area (Å²) in [5.74, 6) is 0.118. The van der Waals surface area contributed by atoms with Crippen LogP contribution in [-0.4, -0.2) is 28.4 Å². The van der Waals surface area contributed by atoms with Gasteiger partial charge in [0.25, 0.3) is 0 Å².